The van der Waals surface area contributed by atoms with Crippen molar-refractivity contribution in [3.8, 4) is 0 Å². The van der Waals surface area contributed by atoms with E-state index in [1.165, 1.54) is 0 Å². The maximum absolute atomic E-state index is 12.3. The highest BCUT2D eigenvalue weighted by Gasteiger charge is 2.29. The molecule has 1 rings (SSSR count). The summed E-state index contributed by atoms with van der Waals surface area (Å²) in [6.07, 6.45) is -0.580. The molecule has 2 amide bonds. The number of hydrogen-bond donors (Lipinski definition) is 2. The Bertz CT molecular complexity index is 653. The fraction of sp³-hybridized carbons (Fsp3) is 0.571. The van der Waals surface area contributed by atoms with Gasteiger partial charge in [0.25, 0.3) is 0 Å². The first-order valence-electron chi connectivity index (χ1n) is 9.47. The van der Waals surface area contributed by atoms with Gasteiger partial charge in [0.1, 0.15) is 18.2 Å². The Balaban J connectivity index is 2.46. The first-order chi connectivity index (χ1) is 13.0. The summed E-state index contributed by atoms with van der Waals surface area (Å²) >= 11 is 0. The van der Waals surface area contributed by atoms with Gasteiger partial charge in [-0.3, -0.25) is 4.79 Å². The molecule has 0 spiro atoms. The van der Waals surface area contributed by atoms with Gasteiger partial charge >= 0.3 is 12.1 Å². The molecule has 28 heavy (non-hydrogen) atoms. The SMILES string of the molecule is CC(C)[C@H](NC(=O)C[C@@H](C)NC(=O)OCc1ccccc1)C(=O)OC(C)(C)C. The number of carbonyl (C=O) groups is 3. The van der Waals surface area contributed by atoms with E-state index in [1.54, 1.807) is 27.7 Å². The highest BCUT2D eigenvalue weighted by atomic mass is 16.6. The van der Waals surface area contributed by atoms with Crippen LogP contribution in [0.3, 0.4) is 0 Å². The number of esters is 1. The van der Waals surface area contributed by atoms with Crippen LogP contribution in [0.4, 0.5) is 4.79 Å². The number of alkyl carbamates (subject to hydrolysis) is 1. The zero-order valence-corrected chi connectivity index (χ0v) is 17.6. The minimum absolute atomic E-state index is 0.0203. The minimum Gasteiger partial charge on any atom is -0.458 e. The lowest BCUT2D eigenvalue weighted by molar-refractivity contribution is -0.160. The van der Waals surface area contributed by atoms with Crippen LogP contribution >= 0.6 is 0 Å². The third-order valence-electron chi connectivity index (χ3n) is 3.71. The number of carbonyl (C=O) groups excluding carboxylic acids is 3. The van der Waals surface area contributed by atoms with Crippen LogP contribution in [0.2, 0.25) is 0 Å². The number of nitrogens with one attached hydrogen (secondary N) is 2. The smallest absolute Gasteiger partial charge is 0.407 e. The van der Waals surface area contributed by atoms with E-state index in [0.717, 1.165) is 5.56 Å². The van der Waals surface area contributed by atoms with Gasteiger partial charge in [0.05, 0.1) is 0 Å². The average Bonchev–Trinajstić information content (AvgIpc) is 2.56. The predicted octanol–water partition coefficient (Wildman–Crippen LogP) is 3.17. The third kappa shape index (κ3) is 9.39. The first-order valence-corrected chi connectivity index (χ1v) is 9.47. The lowest BCUT2D eigenvalue weighted by Crippen LogP contribution is -2.48. The summed E-state index contributed by atoms with van der Waals surface area (Å²) in [7, 11) is 0. The van der Waals surface area contributed by atoms with E-state index in [4.69, 9.17) is 9.47 Å². The van der Waals surface area contributed by atoms with Crippen LogP contribution in [0.1, 0.15) is 53.5 Å². The van der Waals surface area contributed by atoms with Crippen LogP contribution in [0.15, 0.2) is 30.3 Å². The van der Waals surface area contributed by atoms with Crippen LogP contribution in [-0.4, -0.2) is 35.7 Å². The molecule has 0 aliphatic heterocycles. The summed E-state index contributed by atoms with van der Waals surface area (Å²) in [6.45, 7) is 10.8. The second-order valence-electron chi connectivity index (χ2n) is 8.13. The molecule has 0 aliphatic rings. The molecule has 156 valence electrons. The van der Waals surface area contributed by atoms with Gasteiger partial charge in [0, 0.05) is 12.5 Å². The van der Waals surface area contributed by atoms with Gasteiger partial charge in [-0.25, -0.2) is 9.59 Å². The molecule has 7 heteroatoms. The summed E-state index contributed by atoms with van der Waals surface area (Å²) in [4.78, 5) is 36.4. The van der Waals surface area contributed by atoms with Crippen molar-refractivity contribution in [1.82, 2.24) is 10.6 Å². The van der Waals surface area contributed by atoms with Crippen molar-refractivity contribution in [1.29, 1.82) is 0 Å². The fourth-order valence-electron chi connectivity index (χ4n) is 2.39. The van der Waals surface area contributed by atoms with Gasteiger partial charge in [-0.15, -0.1) is 0 Å². The zero-order valence-electron chi connectivity index (χ0n) is 17.6. The molecular weight excluding hydrogens is 360 g/mol. The number of rotatable bonds is 8. The first kappa shape index (κ1) is 23.5. The molecule has 0 fully saturated rings. The zero-order chi connectivity index (χ0) is 21.3. The van der Waals surface area contributed by atoms with Crippen molar-refractivity contribution in [2.24, 2.45) is 5.92 Å². The van der Waals surface area contributed by atoms with E-state index < -0.39 is 29.7 Å². The normalized spacial score (nSPS) is 13.4. The van der Waals surface area contributed by atoms with Crippen LogP contribution in [0.5, 0.6) is 0 Å². The molecule has 0 bridgehead atoms. The summed E-state index contributed by atoms with van der Waals surface area (Å²) in [5.41, 5.74) is 0.243. The molecule has 0 unspecified atom stereocenters. The summed E-state index contributed by atoms with van der Waals surface area (Å²) < 4.78 is 10.5. The van der Waals surface area contributed by atoms with Gasteiger partial charge in [0.15, 0.2) is 0 Å². The highest BCUT2D eigenvalue weighted by molar-refractivity contribution is 5.85. The number of hydrogen-bond acceptors (Lipinski definition) is 5. The lowest BCUT2D eigenvalue weighted by Gasteiger charge is -2.27. The van der Waals surface area contributed by atoms with Crippen LogP contribution in [-0.2, 0) is 25.7 Å². The molecule has 0 saturated heterocycles. The number of ether oxygens (including phenoxy) is 2. The summed E-state index contributed by atoms with van der Waals surface area (Å²) in [5.74, 6) is -0.947. The van der Waals surface area contributed by atoms with Crippen molar-refractivity contribution < 1.29 is 23.9 Å². The Morgan fingerprint density at radius 2 is 1.61 bits per heavy atom. The van der Waals surface area contributed by atoms with Crippen molar-refractivity contribution in [2.45, 2.75) is 72.3 Å². The quantitative estimate of drug-likeness (QED) is 0.663. The van der Waals surface area contributed by atoms with Crippen molar-refractivity contribution >= 4 is 18.0 Å². The molecule has 0 radical (unpaired) electrons. The Labute approximate surface area is 167 Å². The van der Waals surface area contributed by atoms with E-state index in [1.807, 2.05) is 44.2 Å². The standard InChI is InChI=1S/C21H32N2O5/c1-14(2)18(19(25)28-21(4,5)6)23-17(24)12-15(3)22-20(26)27-13-16-10-8-7-9-11-16/h7-11,14-15,18H,12-13H2,1-6H3,(H,22,26)(H,23,24)/t15-,18+/m1/s1. The number of amides is 2. The van der Waals surface area contributed by atoms with E-state index in [-0.39, 0.29) is 24.9 Å². The van der Waals surface area contributed by atoms with Gasteiger partial charge in [-0.2, -0.15) is 0 Å². The van der Waals surface area contributed by atoms with Crippen LogP contribution in [0, 0.1) is 5.92 Å². The predicted molar refractivity (Wildman–Crippen MR) is 106 cm³/mol. The Kier molecular flexibility index (Phi) is 8.96. The van der Waals surface area contributed by atoms with Crippen LogP contribution < -0.4 is 10.6 Å². The van der Waals surface area contributed by atoms with Crippen molar-refractivity contribution in [3.63, 3.8) is 0 Å². The molecular formula is C21H32N2O5. The second kappa shape index (κ2) is 10.7. The Morgan fingerprint density at radius 3 is 2.14 bits per heavy atom. The second-order valence-corrected chi connectivity index (χ2v) is 8.13. The van der Waals surface area contributed by atoms with Gasteiger partial charge < -0.3 is 20.1 Å². The van der Waals surface area contributed by atoms with E-state index >= 15 is 0 Å². The molecule has 2 N–H and O–H groups in total. The minimum atomic E-state index is -0.746. The largest absolute Gasteiger partial charge is 0.458 e. The molecule has 0 heterocycles. The lowest BCUT2D eigenvalue weighted by atomic mass is 10.0. The average molecular weight is 392 g/mol. The molecule has 2 atom stereocenters. The molecule has 7 nitrogen and oxygen atoms in total. The maximum Gasteiger partial charge on any atom is 0.407 e. The van der Waals surface area contributed by atoms with Gasteiger partial charge in [-0.1, -0.05) is 44.2 Å². The van der Waals surface area contributed by atoms with Crippen LogP contribution in [0.25, 0.3) is 0 Å². The molecule has 1 aromatic carbocycles. The Hall–Kier alpha value is -2.57. The van der Waals surface area contributed by atoms with Crippen molar-refractivity contribution in [3.05, 3.63) is 35.9 Å². The molecule has 0 saturated carbocycles. The fourth-order valence-corrected chi connectivity index (χ4v) is 2.39. The topological polar surface area (TPSA) is 93.7 Å². The van der Waals surface area contributed by atoms with E-state index in [9.17, 15) is 14.4 Å². The van der Waals surface area contributed by atoms with Gasteiger partial charge in [0.2, 0.25) is 5.91 Å². The number of benzene rings is 1. The highest BCUT2D eigenvalue weighted by Crippen LogP contribution is 2.12. The maximum atomic E-state index is 12.3. The van der Waals surface area contributed by atoms with E-state index in [0.29, 0.717) is 0 Å². The monoisotopic (exact) mass is 392 g/mol. The summed E-state index contributed by atoms with van der Waals surface area (Å²) in [6, 6.07) is 8.11. The molecule has 0 aromatic heterocycles. The summed E-state index contributed by atoms with van der Waals surface area (Å²) in [5, 5.41) is 5.31. The molecule has 1 aromatic rings. The van der Waals surface area contributed by atoms with Gasteiger partial charge in [-0.05, 0) is 39.2 Å². The molecule has 0 aliphatic carbocycles. The Morgan fingerprint density at radius 1 is 1.00 bits per heavy atom. The van der Waals surface area contributed by atoms with Crippen molar-refractivity contribution in [2.75, 3.05) is 0 Å². The third-order valence-corrected chi connectivity index (χ3v) is 3.71. The van der Waals surface area contributed by atoms with E-state index in [2.05, 4.69) is 10.6 Å².